The van der Waals surface area contributed by atoms with E-state index >= 15 is 0 Å². The summed E-state index contributed by atoms with van der Waals surface area (Å²) >= 11 is 0. The number of carbonyl (C=O) groups is 1. The summed E-state index contributed by atoms with van der Waals surface area (Å²) in [6, 6.07) is 6.84. The lowest BCUT2D eigenvalue weighted by Crippen LogP contribution is -2.01. The van der Waals surface area contributed by atoms with Crippen molar-refractivity contribution in [2.45, 2.75) is 6.92 Å². The molecule has 0 spiro atoms. The summed E-state index contributed by atoms with van der Waals surface area (Å²) in [5.74, 6) is 2.59. The van der Waals surface area contributed by atoms with Crippen LogP contribution < -0.4 is 4.74 Å². The molecule has 0 aliphatic rings. The smallest absolute Gasteiger partial charge is 0.308 e. The van der Waals surface area contributed by atoms with Crippen LogP contribution >= 0.6 is 0 Å². The van der Waals surface area contributed by atoms with Gasteiger partial charge in [0.05, 0.1) is 0 Å². The SMILES string of the molecule is C#Cc1cccc(OC(C)=O)c1. The van der Waals surface area contributed by atoms with Gasteiger partial charge in [0.1, 0.15) is 5.75 Å². The van der Waals surface area contributed by atoms with Crippen molar-refractivity contribution < 1.29 is 9.53 Å². The monoisotopic (exact) mass is 160 g/mol. The third kappa shape index (κ3) is 2.14. The number of ether oxygens (including phenoxy) is 1. The van der Waals surface area contributed by atoms with Crippen molar-refractivity contribution >= 4 is 5.97 Å². The Morgan fingerprint density at radius 1 is 1.58 bits per heavy atom. The van der Waals surface area contributed by atoms with Crippen molar-refractivity contribution in [2.24, 2.45) is 0 Å². The van der Waals surface area contributed by atoms with Gasteiger partial charge < -0.3 is 4.74 Å². The molecular weight excluding hydrogens is 152 g/mol. The van der Waals surface area contributed by atoms with E-state index in [0.717, 1.165) is 0 Å². The molecule has 12 heavy (non-hydrogen) atoms. The Kier molecular flexibility index (Phi) is 2.49. The molecule has 1 rings (SSSR count). The largest absolute Gasteiger partial charge is 0.427 e. The third-order valence-electron chi connectivity index (χ3n) is 1.26. The van der Waals surface area contributed by atoms with Crippen LogP contribution in [-0.2, 0) is 4.79 Å². The molecule has 1 aromatic rings. The van der Waals surface area contributed by atoms with Gasteiger partial charge in [0.15, 0.2) is 0 Å². The van der Waals surface area contributed by atoms with E-state index in [1.165, 1.54) is 6.92 Å². The summed E-state index contributed by atoms with van der Waals surface area (Å²) in [6.45, 7) is 1.35. The Labute approximate surface area is 71.2 Å². The summed E-state index contributed by atoms with van der Waals surface area (Å²) in [5.41, 5.74) is 0.703. The average molecular weight is 160 g/mol. The zero-order chi connectivity index (χ0) is 8.97. The molecule has 0 amide bonds. The number of hydrogen-bond acceptors (Lipinski definition) is 2. The number of hydrogen-bond donors (Lipinski definition) is 0. The van der Waals surface area contributed by atoms with Crippen LogP contribution in [0.3, 0.4) is 0 Å². The van der Waals surface area contributed by atoms with Crippen LogP contribution in [0, 0.1) is 12.3 Å². The molecule has 0 bridgehead atoms. The Balaban J connectivity index is 2.88. The van der Waals surface area contributed by atoms with Gasteiger partial charge in [0.25, 0.3) is 0 Å². The molecule has 0 aromatic heterocycles. The number of rotatable bonds is 1. The molecule has 0 aliphatic carbocycles. The lowest BCUT2D eigenvalue weighted by atomic mass is 10.2. The van der Waals surface area contributed by atoms with Gasteiger partial charge in [0, 0.05) is 12.5 Å². The van der Waals surface area contributed by atoms with Gasteiger partial charge in [-0.15, -0.1) is 6.42 Å². The first-order valence-corrected chi connectivity index (χ1v) is 3.47. The van der Waals surface area contributed by atoms with Gasteiger partial charge in [-0.1, -0.05) is 12.0 Å². The topological polar surface area (TPSA) is 26.3 Å². The first-order chi connectivity index (χ1) is 5.72. The number of benzene rings is 1. The van der Waals surface area contributed by atoms with Crippen LogP contribution in [0.1, 0.15) is 12.5 Å². The molecule has 2 heteroatoms. The van der Waals surface area contributed by atoms with Crippen LogP contribution in [0.2, 0.25) is 0 Å². The fraction of sp³-hybridized carbons (Fsp3) is 0.100. The summed E-state index contributed by atoms with van der Waals surface area (Å²) in [7, 11) is 0. The molecule has 1 aromatic carbocycles. The maximum atomic E-state index is 10.5. The molecule has 0 aliphatic heterocycles. The van der Waals surface area contributed by atoms with E-state index in [9.17, 15) is 4.79 Å². The second-order valence-corrected chi connectivity index (χ2v) is 2.27. The van der Waals surface area contributed by atoms with E-state index in [2.05, 4.69) is 5.92 Å². The Bertz CT molecular complexity index is 334. The van der Waals surface area contributed by atoms with Crippen molar-refractivity contribution in [2.75, 3.05) is 0 Å². The Morgan fingerprint density at radius 3 is 2.92 bits per heavy atom. The minimum atomic E-state index is -0.343. The number of terminal acetylenes is 1. The first kappa shape index (κ1) is 8.35. The van der Waals surface area contributed by atoms with E-state index in [-0.39, 0.29) is 5.97 Å². The molecule has 2 nitrogen and oxygen atoms in total. The van der Waals surface area contributed by atoms with E-state index in [1.54, 1.807) is 24.3 Å². The van der Waals surface area contributed by atoms with E-state index < -0.39 is 0 Å². The average Bonchev–Trinajstić information content (AvgIpc) is 2.03. The molecule has 0 saturated heterocycles. The first-order valence-electron chi connectivity index (χ1n) is 3.47. The predicted molar refractivity (Wildman–Crippen MR) is 45.7 cm³/mol. The normalized spacial score (nSPS) is 8.67. The van der Waals surface area contributed by atoms with Crippen LogP contribution in [0.5, 0.6) is 5.75 Å². The summed E-state index contributed by atoms with van der Waals surface area (Å²) in [4.78, 5) is 10.5. The standard InChI is InChI=1S/C10H8O2/c1-3-9-5-4-6-10(7-9)12-8(2)11/h1,4-7H,2H3. The molecule has 0 heterocycles. The second kappa shape index (κ2) is 3.59. The Hall–Kier alpha value is -1.75. The van der Waals surface area contributed by atoms with Crippen molar-refractivity contribution in [1.29, 1.82) is 0 Å². The van der Waals surface area contributed by atoms with Crippen molar-refractivity contribution in [3.05, 3.63) is 29.8 Å². The molecule has 0 radical (unpaired) electrons. The van der Waals surface area contributed by atoms with Gasteiger partial charge in [-0.3, -0.25) is 4.79 Å². The molecule has 0 N–H and O–H groups in total. The second-order valence-electron chi connectivity index (χ2n) is 2.27. The molecule has 0 saturated carbocycles. The quantitative estimate of drug-likeness (QED) is 0.354. The number of esters is 1. The fourth-order valence-electron chi connectivity index (χ4n) is 0.815. The van der Waals surface area contributed by atoms with Crippen LogP contribution in [0.25, 0.3) is 0 Å². The molecule has 0 atom stereocenters. The molecule has 60 valence electrons. The van der Waals surface area contributed by atoms with Gasteiger partial charge in [-0.2, -0.15) is 0 Å². The minimum absolute atomic E-state index is 0.343. The summed E-state index contributed by atoms with van der Waals surface area (Å²) in [6.07, 6.45) is 5.16. The highest BCUT2D eigenvalue weighted by Crippen LogP contribution is 2.12. The van der Waals surface area contributed by atoms with Gasteiger partial charge >= 0.3 is 5.97 Å². The maximum Gasteiger partial charge on any atom is 0.308 e. The van der Waals surface area contributed by atoms with Crippen molar-refractivity contribution in [3.63, 3.8) is 0 Å². The molecule has 0 fully saturated rings. The predicted octanol–water partition coefficient (Wildman–Crippen LogP) is 1.59. The van der Waals surface area contributed by atoms with Gasteiger partial charge in [-0.25, -0.2) is 0 Å². The van der Waals surface area contributed by atoms with E-state index in [4.69, 9.17) is 11.2 Å². The minimum Gasteiger partial charge on any atom is -0.427 e. The highest BCUT2D eigenvalue weighted by atomic mass is 16.5. The lowest BCUT2D eigenvalue weighted by Gasteiger charge is -1.99. The maximum absolute atomic E-state index is 10.5. The Morgan fingerprint density at radius 2 is 2.33 bits per heavy atom. The van der Waals surface area contributed by atoms with Gasteiger partial charge in [-0.05, 0) is 18.2 Å². The number of carbonyl (C=O) groups excluding carboxylic acids is 1. The van der Waals surface area contributed by atoms with Crippen molar-refractivity contribution in [3.8, 4) is 18.1 Å². The van der Waals surface area contributed by atoms with E-state index in [0.29, 0.717) is 11.3 Å². The van der Waals surface area contributed by atoms with Gasteiger partial charge in [0.2, 0.25) is 0 Å². The van der Waals surface area contributed by atoms with E-state index in [1.807, 2.05) is 0 Å². The third-order valence-corrected chi connectivity index (χ3v) is 1.26. The molecular formula is C10H8O2. The van der Waals surface area contributed by atoms with Crippen LogP contribution in [-0.4, -0.2) is 5.97 Å². The molecule has 0 unspecified atom stereocenters. The summed E-state index contributed by atoms with van der Waals surface area (Å²) < 4.78 is 4.82. The fourth-order valence-corrected chi connectivity index (χ4v) is 0.815. The zero-order valence-electron chi connectivity index (χ0n) is 6.70. The zero-order valence-corrected chi connectivity index (χ0v) is 6.70. The summed E-state index contributed by atoms with van der Waals surface area (Å²) in [5, 5.41) is 0. The van der Waals surface area contributed by atoms with Crippen LogP contribution in [0.15, 0.2) is 24.3 Å². The highest BCUT2D eigenvalue weighted by molar-refractivity contribution is 5.69. The lowest BCUT2D eigenvalue weighted by molar-refractivity contribution is -0.131. The van der Waals surface area contributed by atoms with Crippen molar-refractivity contribution in [1.82, 2.24) is 0 Å². The van der Waals surface area contributed by atoms with Crippen LogP contribution in [0.4, 0.5) is 0 Å². The highest BCUT2D eigenvalue weighted by Gasteiger charge is 1.96.